The van der Waals surface area contributed by atoms with Gasteiger partial charge in [-0.25, -0.2) is 0 Å². The molecule has 2 rings (SSSR count). The molecule has 0 aliphatic rings. The number of rotatable bonds is 8. The molecule has 0 saturated carbocycles. The zero-order valence-corrected chi connectivity index (χ0v) is 12.0. The lowest BCUT2D eigenvalue weighted by Crippen LogP contribution is -2.17. The monoisotopic (exact) mass is 275 g/mol. The van der Waals surface area contributed by atoms with Crippen molar-refractivity contribution in [2.24, 2.45) is 0 Å². The molecule has 0 spiro atoms. The fourth-order valence-corrected chi connectivity index (χ4v) is 1.96. The molecule has 2 aromatic rings. The first kappa shape index (κ1) is 14.5. The van der Waals surface area contributed by atoms with E-state index in [2.05, 4.69) is 12.2 Å². The number of hydrogen-bond acceptors (Lipinski definition) is 4. The van der Waals surface area contributed by atoms with Crippen molar-refractivity contribution in [2.75, 3.05) is 25.6 Å². The summed E-state index contributed by atoms with van der Waals surface area (Å²) in [6, 6.07) is 12.1. The van der Waals surface area contributed by atoms with Crippen molar-refractivity contribution in [1.82, 2.24) is 0 Å². The second-order valence-corrected chi connectivity index (χ2v) is 4.69. The number of hydrogen-bond donors (Lipinski definition) is 1. The van der Waals surface area contributed by atoms with Crippen molar-refractivity contribution in [3.63, 3.8) is 0 Å². The Kier molecular flexibility index (Phi) is 5.50. The fourth-order valence-electron chi connectivity index (χ4n) is 1.96. The van der Waals surface area contributed by atoms with Crippen molar-refractivity contribution >= 4 is 5.69 Å². The van der Waals surface area contributed by atoms with Crippen molar-refractivity contribution in [3.8, 4) is 5.75 Å². The maximum Gasteiger partial charge on any atom is 0.119 e. The summed E-state index contributed by atoms with van der Waals surface area (Å²) >= 11 is 0. The van der Waals surface area contributed by atoms with Crippen LogP contribution < -0.4 is 10.1 Å². The lowest BCUT2D eigenvalue weighted by atomic mass is 10.2. The van der Waals surface area contributed by atoms with Crippen LogP contribution in [0.4, 0.5) is 5.69 Å². The van der Waals surface area contributed by atoms with Gasteiger partial charge >= 0.3 is 0 Å². The van der Waals surface area contributed by atoms with Crippen LogP contribution in [0, 0.1) is 0 Å². The molecule has 4 heteroatoms. The van der Waals surface area contributed by atoms with Gasteiger partial charge in [0.1, 0.15) is 18.1 Å². The van der Waals surface area contributed by atoms with Gasteiger partial charge in [0.05, 0.1) is 12.9 Å². The Bertz CT molecular complexity index is 479. The van der Waals surface area contributed by atoms with E-state index in [0.717, 1.165) is 23.6 Å². The highest BCUT2D eigenvalue weighted by molar-refractivity contribution is 5.47. The van der Waals surface area contributed by atoms with Gasteiger partial charge in [0.15, 0.2) is 0 Å². The lowest BCUT2D eigenvalue weighted by molar-refractivity contribution is 0.146. The van der Waals surface area contributed by atoms with Crippen LogP contribution in [0.3, 0.4) is 0 Å². The van der Waals surface area contributed by atoms with Crippen LogP contribution in [0.1, 0.15) is 12.7 Å². The molecular formula is C16H21NO3. The minimum absolute atomic E-state index is 0.307. The smallest absolute Gasteiger partial charge is 0.119 e. The molecule has 0 amide bonds. The molecule has 1 heterocycles. The van der Waals surface area contributed by atoms with E-state index >= 15 is 0 Å². The van der Waals surface area contributed by atoms with Gasteiger partial charge in [-0.05, 0) is 43.3 Å². The summed E-state index contributed by atoms with van der Waals surface area (Å²) in [7, 11) is 1.66. The third kappa shape index (κ3) is 4.63. The lowest BCUT2D eigenvalue weighted by Gasteiger charge is -2.14. The Morgan fingerprint density at radius 3 is 2.60 bits per heavy atom. The molecule has 0 aliphatic carbocycles. The molecule has 0 radical (unpaired) electrons. The highest BCUT2D eigenvalue weighted by atomic mass is 16.5. The van der Waals surface area contributed by atoms with E-state index in [1.54, 1.807) is 13.4 Å². The van der Waals surface area contributed by atoms with Crippen molar-refractivity contribution in [1.29, 1.82) is 0 Å². The highest BCUT2D eigenvalue weighted by Crippen LogP contribution is 2.17. The van der Waals surface area contributed by atoms with Gasteiger partial charge in [0, 0.05) is 25.3 Å². The van der Waals surface area contributed by atoms with Gasteiger partial charge in [-0.3, -0.25) is 0 Å². The molecule has 0 saturated heterocycles. The molecular weight excluding hydrogens is 254 g/mol. The number of furan rings is 1. The Hall–Kier alpha value is -1.94. The third-order valence-electron chi connectivity index (χ3n) is 2.91. The molecule has 108 valence electrons. The zero-order chi connectivity index (χ0) is 14.2. The van der Waals surface area contributed by atoms with Gasteiger partial charge in [-0.15, -0.1) is 0 Å². The first-order chi connectivity index (χ1) is 9.78. The summed E-state index contributed by atoms with van der Waals surface area (Å²) in [6.07, 6.45) is 2.56. The van der Waals surface area contributed by atoms with Gasteiger partial charge in [-0.1, -0.05) is 0 Å². The van der Waals surface area contributed by atoms with Crippen molar-refractivity contribution < 1.29 is 13.9 Å². The number of benzene rings is 1. The van der Waals surface area contributed by atoms with Crippen LogP contribution in [-0.2, 0) is 11.2 Å². The Balaban J connectivity index is 1.80. The molecule has 1 aromatic carbocycles. The Labute approximate surface area is 119 Å². The van der Waals surface area contributed by atoms with Crippen molar-refractivity contribution in [3.05, 3.63) is 48.4 Å². The molecule has 1 atom stereocenters. The van der Waals surface area contributed by atoms with Gasteiger partial charge in [0.2, 0.25) is 0 Å². The molecule has 0 bridgehead atoms. The fraction of sp³-hybridized carbons (Fsp3) is 0.375. The summed E-state index contributed by atoms with van der Waals surface area (Å²) in [6.45, 7) is 3.30. The van der Waals surface area contributed by atoms with E-state index in [-0.39, 0.29) is 0 Å². The molecule has 1 unspecified atom stereocenters. The standard InChI is InChI=1S/C16H21NO3/c1-13(12-16-4-3-9-19-16)17-14-5-7-15(8-6-14)20-11-10-18-2/h3-9,13,17H,10-12H2,1-2H3. The first-order valence-corrected chi connectivity index (χ1v) is 6.78. The molecule has 4 nitrogen and oxygen atoms in total. The minimum Gasteiger partial charge on any atom is -0.491 e. The highest BCUT2D eigenvalue weighted by Gasteiger charge is 2.05. The summed E-state index contributed by atoms with van der Waals surface area (Å²) < 4.78 is 15.8. The van der Waals surface area contributed by atoms with E-state index in [4.69, 9.17) is 13.9 Å². The average Bonchev–Trinajstić information content (AvgIpc) is 2.94. The van der Waals surface area contributed by atoms with Gasteiger partial charge in [-0.2, -0.15) is 0 Å². The van der Waals surface area contributed by atoms with Crippen LogP contribution in [0.2, 0.25) is 0 Å². The predicted molar refractivity (Wildman–Crippen MR) is 79.3 cm³/mol. The van der Waals surface area contributed by atoms with Crippen LogP contribution >= 0.6 is 0 Å². The van der Waals surface area contributed by atoms with Crippen LogP contribution in [0.15, 0.2) is 47.1 Å². The second kappa shape index (κ2) is 7.60. The summed E-state index contributed by atoms with van der Waals surface area (Å²) in [5.74, 6) is 1.84. The van der Waals surface area contributed by atoms with E-state index in [9.17, 15) is 0 Å². The summed E-state index contributed by atoms with van der Waals surface area (Å²) in [5, 5.41) is 3.43. The van der Waals surface area contributed by atoms with E-state index in [0.29, 0.717) is 19.3 Å². The zero-order valence-electron chi connectivity index (χ0n) is 12.0. The molecule has 20 heavy (non-hydrogen) atoms. The van der Waals surface area contributed by atoms with E-state index in [1.807, 2.05) is 36.4 Å². The number of methoxy groups -OCH3 is 1. The summed E-state index contributed by atoms with van der Waals surface area (Å²) in [4.78, 5) is 0. The number of anilines is 1. The van der Waals surface area contributed by atoms with Gasteiger partial charge < -0.3 is 19.2 Å². The van der Waals surface area contributed by atoms with Gasteiger partial charge in [0.25, 0.3) is 0 Å². The molecule has 0 fully saturated rings. The predicted octanol–water partition coefficient (Wildman–Crippen LogP) is 3.35. The topological polar surface area (TPSA) is 43.6 Å². The first-order valence-electron chi connectivity index (χ1n) is 6.78. The van der Waals surface area contributed by atoms with Crippen molar-refractivity contribution in [2.45, 2.75) is 19.4 Å². The average molecular weight is 275 g/mol. The maximum atomic E-state index is 5.52. The summed E-state index contributed by atoms with van der Waals surface area (Å²) in [5.41, 5.74) is 1.07. The van der Waals surface area contributed by atoms with Crippen LogP contribution in [0.5, 0.6) is 5.75 Å². The minimum atomic E-state index is 0.307. The Morgan fingerprint density at radius 2 is 1.95 bits per heavy atom. The second-order valence-electron chi connectivity index (χ2n) is 4.69. The quantitative estimate of drug-likeness (QED) is 0.750. The van der Waals surface area contributed by atoms with E-state index in [1.165, 1.54) is 0 Å². The Morgan fingerprint density at radius 1 is 1.15 bits per heavy atom. The largest absolute Gasteiger partial charge is 0.491 e. The SMILES string of the molecule is COCCOc1ccc(NC(C)Cc2ccco2)cc1. The number of nitrogens with one attached hydrogen (secondary N) is 1. The maximum absolute atomic E-state index is 5.52. The number of ether oxygens (including phenoxy) is 2. The molecule has 1 aromatic heterocycles. The molecule has 0 aliphatic heterocycles. The van der Waals surface area contributed by atoms with Crippen LogP contribution in [0.25, 0.3) is 0 Å². The molecule has 1 N–H and O–H groups in total. The van der Waals surface area contributed by atoms with E-state index < -0.39 is 0 Å². The normalized spacial score (nSPS) is 12.1. The third-order valence-corrected chi connectivity index (χ3v) is 2.91. The van der Waals surface area contributed by atoms with Crippen LogP contribution in [-0.4, -0.2) is 26.4 Å².